The lowest BCUT2D eigenvalue weighted by atomic mass is 10.1. The van der Waals surface area contributed by atoms with E-state index in [1.54, 1.807) is 24.3 Å². The molecule has 0 unspecified atom stereocenters. The smallest absolute Gasteiger partial charge is 0.349 e. The minimum absolute atomic E-state index is 0.0726. The minimum Gasteiger partial charge on any atom is -0.349 e. The molecule has 29 heavy (non-hydrogen) atoms. The van der Waals surface area contributed by atoms with Crippen molar-refractivity contribution >= 4 is 27.5 Å². The van der Waals surface area contributed by atoms with E-state index in [9.17, 15) is 26.4 Å². The molecule has 1 aliphatic carbocycles. The van der Waals surface area contributed by atoms with Gasteiger partial charge in [-0.2, -0.15) is 17.5 Å². The molecule has 0 aliphatic heterocycles. The average Bonchev–Trinajstić information content (AvgIpc) is 3.45. The van der Waals surface area contributed by atoms with Crippen LogP contribution in [0.1, 0.15) is 34.3 Å². The maximum Gasteiger partial charge on any atom is 0.417 e. The van der Waals surface area contributed by atoms with Gasteiger partial charge in [0.25, 0.3) is 5.91 Å². The summed E-state index contributed by atoms with van der Waals surface area (Å²) in [5, 5.41) is 2.28. The number of nitrogens with zero attached hydrogens (tertiary/aromatic N) is 1. The summed E-state index contributed by atoms with van der Waals surface area (Å²) in [6.07, 6.45) is -2.83. The number of hydrogen-bond acceptors (Lipinski definition) is 3. The molecule has 10 heteroatoms. The number of halogens is 4. The Hall–Kier alpha value is -2.10. The number of benzene rings is 2. The van der Waals surface area contributed by atoms with Crippen molar-refractivity contribution < 1.29 is 26.4 Å². The van der Waals surface area contributed by atoms with Crippen LogP contribution >= 0.6 is 11.6 Å². The molecule has 2 aromatic carbocycles. The van der Waals surface area contributed by atoms with E-state index in [1.807, 2.05) is 0 Å². The van der Waals surface area contributed by atoms with Gasteiger partial charge in [-0.05, 0) is 48.7 Å². The monoisotopic (exact) mass is 446 g/mol. The highest BCUT2D eigenvalue weighted by molar-refractivity contribution is 7.89. The molecule has 5 nitrogen and oxygen atoms in total. The van der Waals surface area contributed by atoms with Crippen molar-refractivity contribution in [1.29, 1.82) is 0 Å². The Bertz CT molecular complexity index is 1020. The largest absolute Gasteiger partial charge is 0.417 e. The molecule has 0 aromatic heterocycles. The van der Waals surface area contributed by atoms with Crippen molar-refractivity contribution in [3.8, 4) is 0 Å². The maximum absolute atomic E-state index is 13.0. The Morgan fingerprint density at radius 2 is 1.79 bits per heavy atom. The zero-order valence-corrected chi connectivity index (χ0v) is 16.9. The second-order valence-corrected chi connectivity index (χ2v) is 9.30. The molecule has 1 aliphatic rings. The molecule has 1 saturated carbocycles. The van der Waals surface area contributed by atoms with E-state index in [4.69, 9.17) is 11.6 Å². The van der Waals surface area contributed by atoms with Gasteiger partial charge in [0.2, 0.25) is 10.0 Å². The van der Waals surface area contributed by atoms with Crippen LogP contribution in [-0.4, -0.2) is 31.7 Å². The summed E-state index contributed by atoms with van der Waals surface area (Å²) in [6.45, 7) is -0.0726. The molecular weight excluding hydrogens is 429 g/mol. The standard InChI is InChI=1S/C19H18ClF3N2O3S/c1-25(11-12-2-4-13(5-3-12)18(26)24-14-6-7-14)29(27,28)15-8-9-17(20)16(10-15)19(21,22)23/h2-5,8-10,14H,6-7,11H2,1H3,(H,24,26). The summed E-state index contributed by atoms with van der Waals surface area (Å²) in [5.41, 5.74) is -0.164. The van der Waals surface area contributed by atoms with Gasteiger partial charge in [0.1, 0.15) is 0 Å². The highest BCUT2D eigenvalue weighted by Crippen LogP contribution is 2.36. The van der Waals surface area contributed by atoms with E-state index in [1.165, 1.54) is 7.05 Å². The lowest BCUT2D eigenvalue weighted by Crippen LogP contribution is -2.27. The number of nitrogens with one attached hydrogen (secondary N) is 1. The normalized spacial score (nSPS) is 14.8. The third-order valence-electron chi connectivity index (χ3n) is 4.49. The number of carbonyl (C=O) groups excluding carboxylic acids is 1. The average molecular weight is 447 g/mol. The second-order valence-electron chi connectivity index (χ2n) is 6.85. The second kappa shape index (κ2) is 7.97. The van der Waals surface area contributed by atoms with E-state index in [2.05, 4.69) is 5.32 Å². The first-order chi connectivity index (χ1) is 13.5. The van der Waals surface area contributed by atoms with Gasteiger partial charge in [-0.15, -0.1) is 0 Å². The van der Waals surface area contributed by atoms with E-state index in [-0.39, 0.29) is 18.5 Å². The number of hydrogen-bond donors (Lipinski definition) is 1. The molecule has 2 aromatic rings. The highest BCUT2D eigenvalue weighted by Gasteiger charge is 2.35. The molecular formula is C19H18ClF3N2O3S. The lowest BCUT2D eigenvalue weighted by Gasteiger charge is -2.19. The summed E-state index contributed by atoms with van der Waals surface area (Å²) < 4.78 is 65.4. The first-order valence-corrected chi connectivity index (χ1v) is 10.5. The van der Waals surface area contributed by atoms with Crippen molar-refractivity contribution in [2.75, 3.05) is 7.05 Å². The Labute approximate surface area is 171 Å². The van der Waals surface area contributed by atoms with Gasteiger partial charge in [-0.1, -0.05) is 23.7 Å². The van der Waals surface area contributed by atoms with Crippen molar-refractivity contribution in [2.45, 2.75) is 36.5 Å². The zero-order chi connectivity index (χ0) is 21.4. The molecule has 1 amide bonds. The van der Waals surface area contributed by atoms with Crippen LogP contribution in [0.5, 0.6) is 0 Å². The number of amides is 1. The molecule has 0 heterocycles. The first kappa shape index (κ1) is 21.6. The van der Waals surface area contributed by atoms with Crippen LogP contribution in [0, 0.1) is 0 Å². The molecule has 1 N–H and O–H groups in total. The quantitative estimate of drug-likeness (QED) is 0.727. The fourth-order valence-corrected chi connectivity index (χ4v) is 4.07. The Kier molecular flexibility index (Phi) is 5.93. The van der Waals surface area contributed by atoms with Crippen LogP contribution in [0.4, 0.5) is 13.2 Å². The molecule has 0 bridgehead atoms. The molecule has 1 fully saturated rings. The van der Waals surface area contributed by atoms with Crippen molar-refractivity contribution in [3.63, 3.8) is 0 Å². The van der Waals surface area contributed by atoms with E-state index >= 15 is 0 Å². The van der Waals surface area contributed by atoms with Crippen LogP contribution in [0.3, 0.4) is 0 Å². The van der Waals surface area contributed by atoms with Crippen LogP contribution in [0.2, 0.25) is 5.02 Å². The number of rotatable bonds is 6. The lowest BCUT2D eigenvalue weighted by molar-refractivity contribution is -0.137. The van der Waals surface area contributed by atoms with Gasteiger partial charge in [-0.3, -0.25) is 4.79 Å². The van der Waals surface area contributed by atoms with Crippen LogP contribution < -0.4 is 5.32 Å². The third kappa shape index (κ3) is 5.09. The number of carbonyl (C=O) groups is 1. The van der Waals surface area contributed by atoms with E-state index < -0.39 is 31.7 Å². The Morgan fingerprint density at radius 1 is 1.17 bits per heavy atom. The van der Waals surface area contributed by atoms with Gasteiger partial charge in [-0.25, -0.2) is 8.42 Å². The van der Waals surface area contributed by atoms with Gasteiger partial charge >= 0.3 is 6.18 Å². The topological polar surface area (TPSA) is 66.5 Å². The maximum atomic E-state index is 13.0. The molecule has 0 saturated heterocycles. The third-order valence-corrected chi connectivity index (χ3v) is 6.61. The molecule has 0 radical (unpaired) electrons. The van der Waals surface area contributed by atoms with E-state index in [0.29, 0.717) is 17.2 Å². The molecule has 0 atom stereocenters. The number of sulfonamides is 1. The minimum atomic E-state index is -4.77. The molecule has 3 rings (SSSR count). The van der Waals surface area contributed by atoms with Crippen molar-refractivity contribution in [3.05, 3.63) is 64.2 Å². The summed E-state index contributed by atoms with van der Waals surface area (Å²) >= 11 is 5.55. The summed E-state index contributed by atoms with van der Waals surface area (Å²) in [5.74, 6) is -0.194. The highest BCUT2D eigenvalue weighted by atomic mass is 35.5. The van der Waals surface area contributed by atoms with Gasteiger partial charge in [0, 0.05) is 25.2 Å². The first-order valence-electron chi connectivity index (χ1n) is 8.71. The fourth-order valence-electron chi connectivity index (χ4n) is 2.66. The summed E-state index contributed by atoms with van der Waals surface area (Å²) in [4.78, 5) is 11.5. The SMILES string of the molecule is CN(Cc1ccc(C(=O)NC2CC2)cc1)S(=O)(=O)c1ccc(Cl)c(C(F)(F)F)c1. The predicted octanol–water partition coefficient (Wildman–Crippen LogP) is 4.07. The fraction of sp³-hybridized carbons (Fsp3) is 0.316. The summed E-state index contributed by atoms with van der Waals surface area (Å²) in [6, 6.07) is 9.08. The molecule has 156 valence electrons. The summed E-state index contributed by atoms with van der Waals surface area (Å²) in [7, 11) is -2.91. The van der Waals surface area contributed by atoms with Gasteiger partial charge in [0.15, 0.2) is 0 Å². The number of alkyl halides is 3. The van der Waals surface area contributed by atoms with Crippen molar-refractivity contribution in [2.24, 2.45) is 0 Å². The van der Waals surface area contributed by atoms with Crippen molar-refractivity contribution in [1.82, 2.24) is 9.62 Å². The Morgan fingerprint density at radius 3 is 2.34 bits per heavy atom. The molecule has 0 spiro atoms. The van der Waals surface area contributed by atoms with E-state index in [0.717, 1.165) is 29.3 Å². The van der Waals surface area contributed by atoms with Gasteiger partial charge < -0.3 is 5.32 Å². The predicted molar refractivity (Wildman–Crippen MR) is 102 cm³/mol. The van der Waals surface area contributed by atoms with Crippen LogP contribution in [0.25, 0.3) is 0 Å². The van der Waals surface area contributed by atoms with Crippen LogP contribution in [0.15, 0.2) is 47.4 Å². The van der Waals surface area contributed by atoms with Gasteiger partial charge in [0.05, 0.1) is 15.5 Å². The van der Waals surface area contributed by atoms with Crippen LogP contribution in [-0.2, 0) is 22.7 Å². The zero-order valence-electron chi connectivity index (χ0n) is 15.3. The Balaban J connectivity index is 1.75.